The molecular weight excluding hydrogens is 302 g/mol. The number of rotatable bonds is 2. The molecule has 1 aromatic rings. The molecule has 0 aromatic heterocycles. The Balaban J connectivity index is 0.000001000. The maximum absolute atomic E-state index is 8.37. The zero-order valence-corrected chi connectivity index (χ0v) is 11.9. The first kappa shape index (κ1) is 11.1. The topological polar surface area (TPSA) is 23.8 Å². The third-order valence-corrected chi connectivity index (χ3v) is 4.37. The molecule has 0 fully saturated rings. The van der Waals surface area contributed by atoms with E-state index < -0.39 is 24.2 Å². The standard InChI is InChI=1S/C7H7.CN.BrH.Cd/c1-7-5-3-2-4-6-7;1-2;;/h2-6H,1H2;;1H;. The molecule has 0 unspecified atom stereocenters. The van der Waals surface area contributed by atoms with Gasteiger partial charge in [0.05, 0.1) is 0 Å². The molecule has 0 radical (unpaired) electrons. The van der Waals surface area contributed by atoms with Crippen molar-refractivity contribution in [3.63, 3.8) is 0 Å². The first-order chi connectivity index (χ1) is 4.93. The van der Waals surface area contributed by atoms with Crippen molar-refractivity contribution < 1.29 is 24.2 Å². The van der Waals surface area contributed by atoms with Crippen molar-refractivity contribution in [3.8, 4) is 3.63 Å². The Kier molecular flexibility index (Phi) is 6.87. The van der Waals surface area contributed by atoms with Crippen LogP contribution in [-0.2, 0) is 28.2 Å². The van der Waals surface area contributed by atoms with E-state index in [1.807, 2.05) is 18.2 Å². The van der Waals surface area contributed by atoms with Crippen LogP contribution in [0.15, 0.2) is 30.3 Å². The summed E-state index contributed by atoms with van der Waals surface area (Å²) in [6.07, 6.45) is 0. The molecular formula is C8H8BrCdN. The van der Waals surface area contributed by atoms with Crippen molar-refractivity contribution in [1.29, 1.82) is 5.26 Å². The Hall–Kier alpha value is 0.112. The molecule has 0 N–H and O–H groups in total. The average Bonchev–Trinajstić information content (AvgIpc) is 2.03. The van der Waals surface area contributed by atoms with Crippen molar-refractivity contribution in [1.82, 2.24) is 0 Å². The van der Waals surface area contributed by atoms with Crippen molar-refractivity contribution >= 4 is 17.0 Å². The first-order valence-electron chi connectivity index (χ1n) is 3.34. The van der Waals surface area contributed by atoms with Crippen LogP contribution in [0.25, 0.3) is 0 Å². The SMILES string of the molecule is Br.N#[C][Cd][CH2]c1ccccc1. The summed E-state index contributed by atoms with van der Waals surface area (Å²) in [5.41, 5.74) is 1.33. The summed E-state index contributed by atoms with van der Waals surface area (Å²) < 4.78 is 3.41. The third kappa shape index (κ3) is 4.54. The van der Waals surface area contributed by atoms with Gasteiger partial charge in [0.25, 0.3) is 0 Å². The zero-order chi connectivity index (χ0) is 7.23. The summed E-state index contributed by atoms with van der Waals surface area (Å²) in [6, 6.07) is 10.2. The van der Waals surface area contributed by atoms with Crippen molar-refractivity contribution in [2.45, 2.75) is 3.98 Å². The second kappa shape index (κ2) is 6.80. The molecule has 0 amide bonds. The van der Waals surface area contributed by atoms with Gasteiger partial charge in [-0.05, 0) is 0 Å². The van der Waals surface area contributed by atoms with Gasteiger partial charge in [-0.1, -0.05) is 0 Å². The molecule has 1 nitrogen and oxygen atoms in total. The molecule has 0 aliphatic rings. The van der Waals surface area contributed by atoms with Crippen LogP contribution in [0.2, 0.25) is 0 Å². The molecule has 54 valence electrons. The van der Waals surface area contributed by atoms with E-state index in [1.54, 1.807) is 0 Å². The van der Waals surface area contributed by atoms with E-state index in [1.165, 1.54) is 5.56 Å². The van der Waals surface area contributed by atoms with E-state index in [-0.39, 0.29) is 17.0 Å². The van der Waals surface area contributed by atoms with Crippen LogP contribution < -0.4 is 0 Å². The summed E-state index contributed by atoms with van der Waals surface area (Å²) in [6.45, 7) is 0. The number of benzene rings is 1. The quantitative estimate of drug-likeness (QED) is 0.769. The second-order valence-electron chi connectivity index (χ2n) is 2.14. The van der Waals surface area contributed by atoms with Gasteiger partial charge >= 0.3 is 73.0 Å². The molecule has 0 aliphatic heterocycles. The predicted molar refractivity (Wildman–Crippen MR) is 46.1 cm³/mol. The minimum absolute atomic E-state index is 0. The van der Waals surface area contributed by atoms with E-state index in [0.717, 1.165) is 3.98 Å². The van der Waals surface area contributed by atoms with Gasteiger partial charge in [0.15, 0.2) is 0 Å². The Bertz CT molecular complexity index is 230. The Morgan fingerprint density at radius 2 is 1.91 bits per heavy atom. The molecule has 0 atom stereocenters. The van der Waals surface area contributed by atoms with Gasteiger partial charge in [0.1, 0.15) is 0 Å². The third-order valence-electron chi connectivity index (χ3n) is 1.37. The normalized spacial score (nSPS) is 7.18. The fourth-order valence-electron chi connectivity index (χ4n) is 0.845. The molecule has 1 aromatic carbocycles. The number of hydrogen-bond acceptors (Lipinski definition) is 1. The Labute approximate surface area is 89.4 Å². The van der Waals surface area contributed by atoms with Crippen molar-refractivity contribution in [2.75, 3.05) is 0 Å². The van der Waals surface area contributed by atoms with E-state index >= 15 is 0 Å². The van der Waals surface area contributed by atoms with Crippen LogP contribution in [0.3, 0.4) is 0 Å². The molecule has 0 heterocycles. The maximum atomic E-state index is 8.37. The molecule has 1 rings (SSSR count). The van der Waals surface area contributed by atoms with Gasteiger partial charge in [-0.25, -0.2) is 0 Å². The number of nitrogens with zero attached hydrogens (tertiary/aromatic N) is 1. The Morgan fingerprint density at radius 1 is 1.27 bits per heavy atom. The fourth-order valence-corrected chi connectivity index (χ4v) is 2.94. The van der Waals surface area contributed by atoms with E-state index in [0.29, 0.717) is 0 Å². The molecule has 0 saturated heterocycles. The number of nitriles is 1. The predicted octanol–water partition coefficient (Wildman–Crippen LogP) is 2.33. The van der Waals surface area contributed by atoms with E-state index in [9.17, 15) is 0 Å². The van der Waals surface area contributed by atoms with Gasteiger partial charge in [0.2, 0.25) is 0 Å². The van der Waals surface area contributed by atoms with Gasteiger partial charge in [-0.2, -0.15) is 0 Å². The van der Waals surface area contributed by atoms with E-state index in [4.69, 9.17) is 5.26 Å². The fraction of sp³-hybridized carbons (Fsp3) is 0.125. The Morgan fingerprint density at radius 3 is 2.45 bits per heavy atom. The van der Waals surface area contributed by atoms with Crippen LogP contribution in [0, 0.1) is 8.89 Å². The van der Waals surface area contributed by atoms with Crippen LogP contribution in [-0.4, -0.2) is 0 Å². The van der Waals surface area contributed by atoms with Crippen LogP contribution in [0.1, 0.15) is 5.56 Å². The van der Waals surface area contributed by atoms with Gasteiger partial charge in [-0.15, -0.1) is 17.0 Å². The minimum atomic E-state index is -1.03. The number of hydrogen-bond donors (Lipinski definition) is 0. The molecule has 0 spiro atoms. The number of halogens is 1. The van der Waals surface area contributed by atoms with Crippen LogP contribution in [0.5, 0.6) is 0 Å². The average molecular weight is 310 g/mol. The summed E-state index contributed by atoms with van der Waals surface area (Å²) in [5, 5.41) is 8.37. The summed E-state index contributed by atoms with van der Waals surface area (Å²) in [5.74, 6) is 0. The van der Waals surface area contributed by atoms with Crippen LogP contribution >= 0.6 is 17.0 Å². The molecule has 0 bridgehead atoms. The monoisotopic (exact) mass is 311 g/mol. The second-order valence-corrected chi connectivity index (χ2v) is 5.90. The van der Waals surface area contributed by atoms with Gasteiger partial charge in [0, 0.05) is 0 Å². The zero-order valence-electron chi connectivity index (χ0n) is 6.16. The van der Waals surface area contributed by atoms with E-state index in [2.05, 4.69) is 15.8 Å². The van der Waals surface area contributed by atoms with Crippen molar-refractivity contribution in [2.24, 2.45) is 0 Å². The van der Waals surface area contributed by atoms with Crippen LogP contribution in [0.4, 0.5) is 0 Å². The molecule has 3 heteroatoms. The first-order valence-corrected chi connectivity index (χ1v) is 8.21. The summed E-state index contributed by atoms with van der Waals surface area (Å²) in [7, 11) is 0. The van der Waals surface area contributed by atoms with Gasteiger partial charge < -0.3 is 0 Å². The molecule has 0 aliphatic carbocycles. The summed E-state index contributed by atoms with van der Waals surface area (Å²) >= 11 is -1.03. The van der Waals surface area contributed by atoms with Gasteiger partial charge in [-0.3, -0.25) is 0 Å². The molecule has 11 heavy (non-hydrogen) atoms. The summed E-state index contributed by atoms with van der Waals surface area (Å²) in [4.78, 5) is 0. The van der Waals surface area contributed by atoms with Crippen molar-refractivity contribution in [3.05, 3.63) is 35.9 Å². The molecule has 0 saturated carbocycles.